The first-order valence-electron chi connectivity index (χ1n) is 6.65. The second-order valence-electron chi connectivity index (χ2n) is 5.24. The fourth-order valence-electron chi connectivity index (χ4n) is 2.70. The van der Waals surface area contributed by atoms with Gasteiger partial charge in [0.05, 0.1) is 4.88 Å². The number of carbonyl (C=O) groups is 1. The van der Waals surface area contributed by atoms with Crippen molar-refractivity contribution < 1.29 is 4.79 Å². The molecular weight excluding hydrogens is 276 g/mol. The largest absolute Gasteiger partial charge is 0.338 e. The lowest BCUT2D eigenvalue weighted by Gasteiger charge is -2.33. The third-order valence-corrected chi connectivity index (χ3v) is 6.04. The van der Waals surface area contributed by atoms with Gasteiger partial charge in [-0.25, -0.2) is 0 Å². The Morgan fingerprint density at radius 3 is 2.74 bits per heavy atom. The van der Waals surface area contributed by atoms with E-state index in [4.69, 9.17) is 5.73 Å². The molecule has 5 heteroatoms. The van der Waals surface area contributed by atoms with Crippen molar-refractivity contribution in [3.8, 4) is 0 Å². The summed E-state index contributed by atoms with van der Waals surface area (Å²) in [6, 6.07) is 4.79. The summed E-state index contributed by atoms with van der Waals surface area (Å²) in [6.45, 7) is 0. The third kappa shape index (κ3) is 2.55. The quantitative estimate of drug-likeness (QED) is 0.923. The first-order chi connectivity index (χ1) is 9.15. The minimum atomic E-state index is 0.161. The maximum atomic E-state index is 12.5. The minimum Gasteiger partial charge on any atom is -0.338 e. The molecule has 19 heavy (non-hydrogen) atoms. The highest BCUT2D eigenvalue weighted by Crippen LogP contribution is 2.31. The Bertz CT molecular complexity index is 553. The maximum Gasteiger partial charge on any atom is 0.263 e. The molecule has 2 aromatic rings. The number of nitrogens with zero attached hydrogens (tertiary/aromatic N) is 1. The summed E-state index contributed by atoms with van der Waals surface area (Å²) >= 11 is 3.30. The van der Waals surface area contributed by atoms with Crippen LogP contribution in [0, 0.1) is 0 Å². The van der Waals surface area contributed by atoms with Crippen molar-refractivity contribution in [1.29, 1.82) is 0 Å². The zero-order valence-electron chi connectivity index (χ0n) is 11.0. The molecule has 1 aliphatic rings. The van der Waals surface area contributed by atoms with Gasteiger partial charge in [-0.05, 0) is 43.2 Å². The Morgan fingerprint density at radius 1 is 1.32 bits per heavy atom. The summed E-state index contributed by atoms with van der Waals surface area (Å²) in [4.78, 5) is 15.3. The molecule has 2 N–H and O–H groups in total. The van der Waals surface area contributed by atoms with E-state index in [-0.39, 0.29) is 5.91 Å². The normalized spacial score (nSPS) is 23.7. The smallest absolute Gasteiger partial charge is 0.263 e. The second kappa shape index (κ2) is 5.23. The van der Waals surface area contributed by atoms with Crippen LogP contribution in [-0.2, 0) is 0 Å². The molecular formula is C14H18N2OS2. The lowest BCUT2D eigenvalue weighted by Crippen LogP contribution is -2.41. The van der Waals surface area contributed by atoms with E-state index in [1.165, 1.54) is 9.40 Å². The zero-order valence-corrected chi connectivity index (χ0v) is 12.6. The first kappa shape index (κ1) is 13.1. The molecule has 1 fully saturated rings. The standard InChI is InChI=1S/C14H18N2OS2/c1-16(10-4-2-9(15)3-5-10)14(17)13-8-12-11(19-13)6-7-18-12/h6-10H,2-5,15H2,1H3. The van der Waals surface area contributed by atoms with Crippen molar-refractivity contribution in [2.24, 2.45) is 5.73 Å². The topological polar surface area (TPSA) is 46.3 Å². The molecule has 3 nitrogen and oxygen atoms in total. The van der Waals surface area contributed by atoms with E-state index < -0.39 is 0 Å². The van der Waals surface area contributed by atoms with Crippen LogP contribution in [0.4, 0.5) is 0 Å². The molecule has 0 atom stereocenters. The van der Waals surface area contributed by atoms with Crippen LogP contribution >= 0.6 is 22.7 Å². The minimum absolute atomic E-state index is 0.161. The third-order valence-electron chi connectivity index (χ3n) is 3.96. The fraction of sp³-hybridized carbons (Fsp3) is 0.500. The summed E-state index contributed by atoms with van der Waals surface area (Å²) < 4.78 is 2.43. The lowest BCUT2D eigenvalue weighted by molar-refractivity contribution is 0.0695. The van der Waals surface area contributed by atoms with Gasteiger partial charge in [-0.3, -0.25) is 4.79 Å². The summed E-state index contributed by atoms with van der Waals surface area (Å²) in [5, 5.41) is 2.07. The maximum absolute atomic E-state index is 12.5. The fourth-order valence-corrected chi connectivity index (χ4v) is 4.79. The molecule has 1 amide bonds. The van der Waals surface area contributed by atoms with Crippen LogP contribution in [0.3, 0.4) is 0 Å². The molecule has 2 aromatic heterocycles. The molecule has 0 saturated heterocycles. The molecule has 2 heterocycles. The Labute approximate surface area is 121 Å². The number of hydrogen-bond acceptors (Lipinski definition) is 4. The van der Waals surface area contributed by atoms with Gasteiger partial charge in [-0.2, -0.15) is 0 Å². The molecule has 0 bridgehead atoms. The highest BCUT2D eigenvalue weighted by Gasteiger charge is 2.26. The van der Waals surface area contributed by atoms with E-state index >= 15 is 0 Å². The highest BCUT2D eigenvalue weighted by atomic mass is 32.1. The lowest BCUT2D eigenvalue weighted by atomic mass is 9.91. The van der Waals surface area contributed by atoms with E-state index in [1.54, 1.807) is 22.7 Å². The summed E-state index contributed by atoms with van der Waals surface area (Å²) in [6.07, 6.45) is 4.12. The average Bonchev–Trinajstić information content (AvgIpc) is 2.98. The van der Waals surface area contributed by atoms with Gasteiger partial charge in [-0.1, -0.05) is 0 Å². The highest BCUT2D eigenvalue weighted by molar-refractivity contribution is 7.27. The van der Waals surface area contributed by atoms with Crippen molar-refractivity contribution in [1.82, 2.24) is 4.90 Å². The van der Waals surface area contributed by atoms with Gasteiger partial charge in [0, 0.05) is 28.5 Å². The molecule has 0 radical (unpaired) electrons. The van der Waals surface area contributed by atoms with Gasteiger partial charge >= 0.3 is 0 Å². The SMILES string of the molecule is CN(C(=O)c1cc2sccc2s1)C1CCC(N)CC1. The Morgan fingerprint density at radius 2 is 2.05 bits per heavy atom. The molecule has 102 valence electrons. The van der Waals surface area contributed by atoms with E-state index in [9.17, 15) is 4.79 Å². The number of carbonyl (C=O) groups excluding carboxylic acids is 1. The Balaban J connectivity index is 1.74. The number of rotatable bonds is 2. The summed E-state index contributed by atoms with van der Waals surface area (Å²) in [5.41, 5.74) is 5.92. The van der Waals surface area contributed by atoms with E-state index in [2.05, 4.69) is 11.4 Å². The van der Waals surface area contributed by atoms with Gasteiger partial charge in [0.1, 0.15) is 0 Å². The van der Waals surface area contributed by atoms with Gasteiger partial charge in [0.15, 0.2) is 0 Å². The van der Waals surface area contributed by atoms with Gasteiger partial charge in [0.2, 0.25) is 0 Å². The van der Waals surface area contributed by atoms with Crippen molar-refractivity contribution in [3.05, 3.63) is 22.4 Å². The molecule has 0 spiro atoms. The number of hydrogen-bond donors (Lipinski definition) is 1. The van der Waals surface area contributed by atoms with Crippen LogP contribution < -0.4 is 5.73 Å². The van der Waals surface area contributed by atoms with E-state index in [1.807, 2.05) is 18.0 Å². The number of nitrogens with two attached hydrogens (primary N) is 1. The molecule has 1 saturated carbocycles. The molecule has 0 unspecified atom stereocenters. The zero-order chi connectivity index (χ0) is 13.4. The van der Waals surface area contributed by atoms with Crippen molar-refractivity contribution in [2.45, 2.75) is 37.8 Å². The molecule has 3 rings (SSSR count). The Hall–Kier alpha value is -0.910. The van der Waals surface area contributed by atoms with Crippen LogP contribution in [0.1, 0.15) is 35.4 Å². The van der Waals surface area contributed by atoms with Crippen molar-refractivity contribution >= 4 is 38.0 Å². The summed E-state index contributed by atoms with van der Waals surface area (Å²) in [5.74, 6) is 0.161. The number of amides is 1. The molecule has 0 aliphatic heterocycles. The molecule has 0 aromatic carbocycles. The van der Waals surface area contributed by atoms with Crippen molar-refractivity contribution in [3.63, 3.8) is 0 Å². The average molecular weight is 294 g/mol. The van der Waals surface area contributed by atoms with E-state index in [0.29, 0.717) is 12.1 Å². The van der Waals surface area contributed by atoms with Crippen LogP contribution in [0.5, 0.6) is 0 Å². The van der Waals surface area contributed by atoms with Gasteiger partial charge in [-0.15, -0.1) is 22.7 Å². The second-order valence-corrected chi connectivity index (χ2v) is 7.28. The monoisotopic (exact) mass is 294 g/mol. The number of thiophene rings is 2. The van der Waals surface area contributed by atoms with Crippen LogP contribution in [0.2, 0.25) is 0 Å². The van der Waals surface area contributed by atoms with E-state index in [0.717, 1.165) is 30.6 Å². The van der Waals surface area contributed by atoms with Gasteiger partial charge in [0.25, 0.3) is 5.91 Å². The van der Waals surface area contributed by atoms with Gasteiger partial charge < -0.3 is 10.6 Å². The summed E-state index contributed by atoms with van der Waals surface area (Å²) in [7, 11) is 1.93. The van der Waals surface area contributed by atoms with Crippen molar-refractivity contribution in [2.75, 3.05) is 7.05 Å². The Kier molecular flexibility index (Phi) is 3.60. The molecule has 1 aliphatic carbocycles. The van der Waals surface area contributed by atoms with Crippen LogP contribution in [0.25, 0.3) is 9.40 Å². The predicted octanol–water partition coefficient (Wildman–Crippen LogP) is 3.30. The number of fused-ring (bicyclic) bond motifs is 1. The first-order valence-corrected chi connectivity index (χ1v) is 8.34. The predicted molar refractivity (Wildman–Crippen MR) is 82.0 cm³/mol. The van der Waals surface area contributed by atoms with Crippen LogP contribution in [-0.4, -0.2) is 29.9 Å². The van der Waals surface area contributed by atoms with Crippen LogP contribution in [0.15, 0.2) is 17.5 Å².